The number of nitrogens with two attached hydrogens (primary N) is 1. The highest BCUT2D eigenvalue weighted by atomic mass is 35.5. The van der Waals surface area contributed by atoms with Crippen LogP contribution in [-0.2, 0) is 0 Å². The zero-order valence-electron chi connectivity index (χ0n) is 11.3. The van der Waals surface area contributed by atoms with E-state index in [0.717, 1.165) is 5.69 Å². The standard InChI is InChI=1S/C15H14ClN3O2/c1-9(18-19-12-4-2-3-11(16)8-12)10-5-6-14(20)13(7-10)15(17)21/h2-8,19-20H,1H3,(H2,17,21)/b18-9+. The fourth-order valence-corrected chi connectivity index (χ4v) is 1.92. The highest BCUT2D eigenvalue weighted by Crippen LogP contribution is 2.19. The van der Waals surface area contributed by atoms with E-state index >= 15 is 0 Å². The lowest BCUT2D eigenvalue weighted by Gasteiger charge is -2.06. The summed E-state index contributed by atoms with van der Waals surface area (Å²) in [7, 11) is 0. The SMILES string of the molecule is C/C(=N\Nc1cccc(Cl)c1)c1ccc(O)c(C(N)=O)c1. The molecule has 0 heterocycles. The number of rotatable bonds is 4. The predicted octanol–water partition coefficient (Wildman–Crippen LogP) is 2.98. The first-order chi connectivity index (χ1) is 9.97. The number of benzene rings is 2. The Hall–Kier alpha value is -2.53. The Balaban J connectivity index is 2.23. The second-order valence-electron chi connectivity index (χ2n) is 4.42. The summed E-state index contributed by atoms with van der Waals surface area (Å²) >= 11 is 5.88. The molecule has 0 saturated heterocycles. The minimum absolute atomic E-state index is 0.0600. The zero-order valence-corrected chi connectivity index (χ0v) is 12.1. The van der Waals surface area contributed by atoms with Crippen LogP contribution in [0.4, 0.5) is 5.69 Å². The van der Waals surface area contributed by atoms with Gasteiger partial charge in [-0.2, -0.15) is 5.10 Å². The van der Waals surface area contributed by atoms with Crippen molar-refractivity contribution >= 4 is 28.9 Å². The summed E-state index contributed by atoms with van der Waals surface area (Å²) in [4.78, 5) is 11.2. The summed E-state index contributed by atoms with van der Waals surface area (Å²) < 4.78 is 0. The molecule has 0 aliphatic rings. The molecule has 0 radical (unpaired) electrons. The Morgan fingerprint density at radius 2 is 2.05 bits per heavy atom. The molecule has 21 heavy (non-hydrogen) atoms. The van der Waals surface area contributed by atoms with E-state index in [4.69, 9.17) is 17.3 Å². The van der Waals surface area contributed by atoms with E-state index < -0.39 is 5.91 Å². The number of hydrogen-bond acceptors (Lipinski definition) is 4. The summed E-state index contributed by atoms with van der Waals surface area (Å²) in [6, 6.07) is 11.7. The number of hydrazone groups is 1. The third-order valence-electron chi connectivity index (χ3n) is 2.86. The monoisotopic (exact) mass is 303 g/mol. The van der Waals surface area contributed by atoms with E-state index in [1.54, 1.807) is 31.2 Å². The van der Waals surface area contributed by atoms with Gasteiger partial charge in [0.25, 0.3) is 5.91 Å². The average Bonchev–Trinajstić information content (AvgIpc) is 2.45. The highest BCUT2D eigenvalue weighted by Gasteiger charge is 2.09. The van der Waals surface area contributed by atoms with Gasteiger partial charge in [0.15, 0.2) is 0 Å². The van der Waals surface area contributed by atoms with E-state index in [2.05, 4.69) is 10.5 Å². The second kappa shape index (κ2) is 6.28. The Labute approximate surface area is 127 Å². The lowest BCUT2D eigenvalue weighted by molar-refractivity contribution is 0.0998. The molecular weight excluding hydrogens is 290 g/mol. The number of anilines is 1. The molecule has 0 unspecified atom stereocenters. The van der Waals surface area contributed by atoms with Crippen molar-refractivity contribution in [2.75, 3.05) is 5.43 Å². The molecule has 0 atom stereocenters. The van der Waals surface area contributed by atoms with E-state index in [1.165, 1.54) is 12.1 Å². The second-order valence-corrected chi connectivity index (χ2v) is 4.85. The van der Waals surface area contributed by atoms with E-state index in [9.17, 15) is 9.90 Å². The Morgan fingerprint density at radius 1 is 1.29 bits per heavy atom. The summed E-state index contributed by atoms with van der Waals surface area (Å²) in [5, 5.41) is 14.4. The van der Waals surface area contributed by atoms with Gasteiger partial charge in [0.2, 0.25) is 0 Å². The van der Waals surface area contributed by atoms with Crippen molar-refractivity contribution in [2.24, 2.45) is 10.8 Å². The van der Waals surface area contributed by atoms with Crippen molar-refractivity contribution in [2.45, 2.75) is 6.92 Å². The van der Waals surface area contributed by atoms with Crippen LogP contribution in [-0.4, -0.2) is 16.7 Å². The summed E-state index contributed by atoms with van der Waals surface area (Å²) in [5.41, 5.74) is 10.2. The van der Waals surface area contributed by atoms with Crippen molar-refractivity contribution in [3.8, 4) is 5.75 Å². The topological polar surface area (TPSA) is 87.7 Å². The van der Waals surface area contributed by atoms with Gasteiger partial charge in [0.1, 0.15) is 5.75 Å². The minimum Gasteiger partial charge on any atom is -0.507 e. The van der Waals surface area contributed by atoms with Gasteiger partial charge in [0.05, 0.1) is 17.0 Å². The van der Waals surface area contributed by atoms with Crippen LogP contribution in [0.5, 0.6) is 5.75 Å². The Kier molecular flexibility index (Phi) is 4.45. The van der Waals surface area contributed by atoms with Crippen molar-refractivity contribution in [3.63, 3.8) is 0 Å². The number of nitrogens with one attached hydrogen (secondary N) is 1. The molecule has 2 aromatic carbocycles. The lowest BCUT2D eigenvalue weighted by atomic mass is 10.1. The average molecular weight is 304 g/mol. The van der Waals surface area contributed by atoms with Gasteiger partial charge in [0, 0.05) is 5.02 Å². The van der Waals surface area contributed by atoms with Crippen LogP contribution >= 0.6 is 11.6 Å². The molecule has 0 aliphatic heterocycles. The number of aromatic hydroxyl groups is 1. The smallest absolute Gasteiger partial charge is 0.252 e. The molecular formula is C15H14ClN3O2. The number of hydrogen-bond donors (Lipinski definition) is 3. The molecule has 2 aromatic rings. The summed E-state index contributed by atoms with van der Waals surface area (Å²) in [6.45, 7) is 1.77. The Bertz CT molecular complexity index is 714. The van der Waals surface area contributed by atoms with E-state index in [-0.39, 0.29) is 11.3 Å². The number of carbonyl (C=O) groups excluding carboxylic acids is 1. The van der Waals surface area contributed by atoms with Crippen molar-refractivity contribution in [3.05, 3.63) is 58.6 Å². The number of carbonyl (C=O) groups is 1. The molecule has 6 heteroatoms. The third kappa shape index (κ3) is 3.73. The number of amides is 1. The first-order valence-electron chi connectivity index (χ1n) is 6.16. The van der Waals surface area contributed by atoms with Gasteiger partial charge < -0.3 is 10.8 Å². The largest absolute Gasteiger partial charge is 0.507 e. The van der Waals surface area contributed by atoms with Crippen LogP contribution in [0.25, 0.3) is 0 Å². The van der Waals surface area contributed by atoms with Crippen molar-refractivity contribution < 1.29 is 9.90 Å². The predicted molar refractivity (Wildman–Crippen MR) is 83.9 cm³/mol. The number of halogens is 1. The van der Waals surface area contributed by atoms with Crippen LogP contribution in [0, 0.1) is 0 Å². The molecule has 0 bridgehead atoms. The fourth-order valence-electron chi connectivity index (χ4n) is 1.73. The normalized spacial score (nSPS) is 11.2. The van der Waals surface area contributed by atoms with Crippen molar-refractivity contribution in [1.82, 2.24) is 0 Å². The van der Waals surface area contributed by atoms with Gasteiger partial charge in [-0.05, 0) is 48.9 Å². The third-order valence-corrected chi connectivity index (χ3v) is 3.09. The van der Waals surface area contributed by atoms with Gasteiger partial charge >= 0.3 is 0 Å². The van der Waals surface area contributed by atoms with Crippen LogP contribution in [0.15, 0.2) is 47.6 Å². The summed E-state index contributed by atoms with van der Waals surface area (Å²) in [5.74, 6) is -0.841. The maximum atomic E-state index is 11.2. The van der Waals surface area contributed by atoms with Crippen LogP contribution in [0.1, 0.15) is 22.8 Å². The molecule has 1 amide bonds. The van der Waals surface area contributed by atoms with Gasteiger partial charge in [-0.3, -0.25) is 10.2 Å². The van der Waals surface area contributed by atoms with Gasteiger partial charge in [-0.1, -0.05) is 17.7 Å². The molecule has 0 saturated carbocycles. The Morgan fingerprint density at radius 3 is 2.71 bits per heavy atom. The van der Waals surface area contributed by atoms with Gasteiger partial charge in [-0.25, -0.2) is 0 Å². The fraction of sp³-hybridized carbons (Fsp3) is 0.0667. The zero-order chi connectivity index (χ0) is 15.4. The highest BCUT2D eigenvalue weighted by molar-refractivity contribution is 6.30. The number of phenols is 1. The van der Waals surface area contributed by atoms with Crippen LogP contribution in [0.3, 0.4) is 0 Å². The van der Waals surface area contributed by atoms with Crippen LogP contribution < -0.4 is 11.2 Å². The minimum atomic E-state index is -0.690. The molecule has 0 spiro atoms. The van der Waals surface area contributed by atoms with E-state index in [0.29, 0.717) is 16.3 Å². The summed E-state index contributed by atoms with van der Waals surface area (Å²) in [6.07, 6.45) is 0. The molecule has 5 nitrogen and oxygen atoms in total. The molecule has 0 aliphatic carbocycles. The number of primary amides is 1. The number of nitrogens with zero attached hydrogens (tertiary/aromatic N) is 1. The van der Waals surface area contributed by atoms with E-state index in [1.807, 2.05) is 6.07 Å². The first-order valence-corrected chi connectivity index (χ1v) is 6.54. The quantitative estimate of drug-likeness (QED) is 0.599. The first kappa shape index (κ1) is 14.9. The maximum absolute atomic E-state index is 11.2. The molecule has 108 valence electrons. The molecule has 2 rings (SSSR count). The molecule has 0 fully saturated rings. The lowest BCUT2D eigenvalue weighted by Crippen LogP contribution is -2.12. The van der Waals surface area contributed by atoms with Crippen LogP contribution in [0.2, 0.25) is 5.02 Å². The molecule has 0 aromatic heterocycles. The van der Waals surface area contributed by atoms with Crippen molar-refractivity contribution in [1.29, 1.82) is 0 Å². The molecule has 4 N–H and O–H groups in total. The maximum Gasteiger partial charge on any atom is 0.252 e. The van der Waals surface area contributed by atoms with Gasteiger partial charge in [-0.15, -0.1) is 0 Å².